The van der Waals surface area contributed by atoms with Crippen molar-refractivity contribution in [1.82, 2.24) is 9.97 Å². The lowest BCUT2D eigenvalue weighted by Crippen LogP contribution is -1.99. The van der Waals surface area contributed by atoms with E-state index < -0.39 is 0 Å². The molecule has 4 nitrogen and oxygen atoms in total. The Balaban J connectivity index is 1.57. The van der Waals surface area contributed by atoms with Crippen LogP contribution in [0.4, 0.5) is 0 Å². The lowest BCUT2D eigenvalue weighted by Gasteiger charge is -2.09. The number of carbonyl (C=O) groups excluding carboxylic acids is 1. The van der Waals surface area contributed by atoms with E-state index >= 15 is 0 Å². The van der Waals surface area contributed by atoms with Crippen LogP contribution in [0, 0.1) is 0 Å². The minimum atomic E-state index is 0.308. The third-order valence-corrected chi connectivity index (χ3v) is 4.77. The Hall–Kier alpha value is -3.05. The van der Waals surface area contributed by atoms with E-state index in [0.717, 1.165) is 33.5 Å². The normalized spacial score (nSPS) is 10.7. The monoisotopic (exact) mass is 346 g/mol. The van der Waals surface area contributed by atoms with Gasteiger partial charge in [-0.05, 0) is 29.0 Å². The maximum Gasteiger partial charge on any atom is 0.154 e. The van der Waals surface area contributed by atoms with E-state index in [1.807, 2.05) is 60.0 Å². The summed E-state index contributed by atoms with van der Waals surface area (Å²) in [6.07, 6.45) is 2.59. The van der Waals surface area contributed by atoms with Gasteiger partial charge < -0.3 is 4.74 Å². The van der Waals surface area contributed by atoms with Crippen molar-refractivity contribution in [3.05, 3.63) is 77.4 Å². The van der Waals surface area contributed by atoms with Crippen LogP contribution in [0.2, 0.25) is 0 Å². The van der Waals surface area contributed by atoms with E-state index in [1.54, 1.807) is 6.20 Å². The summed E-state index contributed by atoms with van der Waals surface area (Å²) in [7, 11) is 0. The molecule has 0 saturated carbocycles. The highest BCUT2D eigenvalue weighted by atomic mass is 32.1. The van der Waals surface area contributed by atoms with Crippen LogP contribution in [-0.2, 0) is 6.61 Å². The standard InChI is InChI=1S/C20H14N2O2S/c23-11-17-16-6-2-1-5-14(16)8-9-19(17)24-12-15-13-25-20(22-15)18-7-3-4-10-21-18/h1-11,13H,12H2. The Labute approximate surface area is 148 Å². The van der Waals surface area contributed by atoms with Gasteiger partial charge in [-0.2, -0.15) is 0 Å². The van der Waals surface area contributed by atoms with Gasteiger partial charge in [-0.3, -0.25) is 9.78 Å². The summed E-state index contributed by atoms with van der Waals surface area (Å²) >= 11 is 1.53. The van der Waals surface area contributed by atoms with Crippen molar-refractivity contribution in [2.24, 2.45) is 0 Å². The van der Waals surface area contributed by atoms with Crippen molar-refractivity contribution in [1.29, 1.82) is 0 Å². The number of benzene rings is 2. The quantitative estimate of drug-likeness (QED) is 0.489. The summed E-state index contributed by atoms with van der Waals surface area (Å²) < 4.78 is 5.86. The Kier molecular flexibility index (Phi) is 4.23. The molecule has 0 bridgehead atoms. The molecule has 0 N–H and O–H groups in total. The summed E-state index contributed by atoms with van der Waals surface area (Å²) in [4.78, 5) is 20.4. The minimum Gasteiger partial charge on any atom is -0.486 e. The molecule has 4 aromatic rings. The summed E-state index contributed by atoms with van der Waals surface area (Å²) in [5.74, 6) is 0.570. The smallest absolute Gasteiger partial charge is 0.154 e. The molecular formula is C20H14N2O2S. The predicted octanol–water partition coefficient (Wildman–Crippen LogP) is 4.75. The highest BCUT2D eigenvalue weighted by molar-refractivity contribution is 7.13. The third kappa shape index (κ3) is 3.14. The Morgan fingerprint density at radius 2 is 1.92 bits per heavy atom. The first-order valence-electron chi connectivity index (χ1n) is 7.80. The van der Waals surface area contributed by atoms with E-state index in [0.29, 0.717) is 17.9 Å². The van der Waals surface area contributed by atoms with Gasteiger partial charge in [-0.25, -0.2) is 4.98 Å². The molecular weight excluding hydrogens is 332 g/mol. The maximum absolute atomic E-state index is 11.5. The van der Waals surface area contributed by atoms with Crippen LogP contribution < -0.4 is 4.74 Å². The van der Waals surface area contributed by atoms with E-state index in [1.165, 1.54) is 11.3 Å². The number of hydrogen-bond acceptors (Lipinski definition) is 5. The number of carbonyl (C=O) groups is 1. The van der Waals surface area contributed by atoms with Gasteiger partial charge in [0.05, 0.1) is 17.0 Å². The average Bonchev–Trinajstić information content (AvgIpc) is 3.15. The summed E-state index contributed by atoms with van der Waals surface area (Å²) in [5, 5.41) is 4.71. The van der Waals surface area contributed by atoms with E-state index in [4.69, 9.17) is 4.74 Å². The van der Waals surface area contributed by atoms with Crippen LogP contribution in [0.1, 0.15) is 16.1 Å². The van der Waals surface area contributed by atoms with Gasteiger partial charge in [-0.1, -0.05) is 36.4 Å². The predicted molar refractivity (Wildman–Crippen MR) is 99.0 cm³/mol. The van der Waals surface area contributed by atoms with Crippen LogP contribution in [0.5, 0.6) is 5.75 Å². The number of thiazole rings is 1. The topological polar surface area (TPSA) is 52.1 Å². The molecule has 5 heteroatoms. The Morgan fingerprint density at radius 3 is 2.76 bits per heavy atom. The van der Waals surface area contributed by atoms with E-state index in [2.05, 4.69) is 9.97 Å². The van der Waals surface area contributed by atoms with Gasteiger partial charge in [-0.15, -0.1) is 11.3 Å². The fourth-order valence-corrected chi connectivity index (χ4v) is 3.43. The zero-order valence-corrected chi connectivity index (χ0v) is 14.1. The number of pyridine rings is 1. The fourth-order valence-electron chi connectivity index (χ4n) is 2.65. The van der Waals surface area contributed by atoms with Crippen molar-refractivity contribution >= 4 is 28.4 Å². The van der Waals surface area contributed by atoms with Crippen molar-refractivity contribution < 1.29 is 9.53 Å². The van der Waals surface area contributed by atoms with E-state index in [-0.39, 0.29) is 0 Å². The second-order valence-corrected chi connectivity index (χ2v) is 6.32. The minimum absolute atomic E-state index is 0.308. The van der Waals surface area contributed by atoms with Crippen molar-refractivity contribution in [3.63, 3.8) is 0 Å². The number of nitrogens with zero attached hydrogens (tertiary/aromatic N) is 2. The molecule has 2 aromatic heterocycles. The molecule has 0 aliphatic carbocycles. The second-order valence-electron chi connectivity index (χ2n) is 5.46. The summed E-state index contributed by atoms with van der Waals surface area (Å²) in [6, 6.07) is 17.3. The molecule has 0 spiro atoms. The van der Waals surface area contributed by atoms with Crippen LogP contribution in [0.3, 0.4) is 0 Å². The number of fused-ring (bicyclic) bond motifs is 1. The number of aromatic nitrogens is 2. The number of aldehydes is 1. The molecule has 0 atom stereocenters. The van der Waals surface area contributed by atoms with Crippen LogP contribution in [0.15, 0.2) is 66.2 Å². The average molecular weight is 346 g/mol. The molecule has 0 aliphatic heterocycles. The molecule has 0 radical (unpaired) electrons. The maximum atomic E-state index is 11.5. The Morgan fingerprint density at radius 1 is 1.04 bits per heavy atom. The van der Waals surface area contributed by atoms with Gasteiger partial charge in [0, 0.05) is 11.6 Å². The third-order valence-electron chi connectivity index (χ3n) is 3.86. The van der Waals surface area contributed by atoms with Gasteiger partial charge in [0.15, 0.2) is 6.29 Å². The van der Waals surface area contributed by atoms with Crippen LogP contribution in [-0.4, -0.2) is 16.3 Å². The molecule has 2 aromatic carbocycles. The zero-order valence-electron chi connectivity index (χ0n) is 13.3. The number of rotatable bonds is 5. The molecule has 0 saturated heterocycles. The Bertz CT molecular complexity index is 1030. The fraction of sp³-hybridized carbons (Fsp3) is 0.0500. The lowest BCUT2D eigenvalue weighted by atomic mass is 10.0. The van der Waals surface area contributed by atoms with Gasteiger partial charge in [0.25, 0.3) is 0 Å². The number of ether oxygens (including phenoxy) is 1. The molecule has 0 fully saturated rings. The SMILES string of the molecule is O=Cc1c(OCc2csc(-c3ccccn3)n2)ccc2ccccc12. The number of hydrogen-bond donors (Lipinski definition) is 0. The van der Waals surface area contributed by atoms with Crippen molar-refractivity contribution in [3.8, 4) is 16.5 Å². The molecule has 122 valence electrons. The largest absolute Gasteiger partial charge is 0.486 e. The van der Waals surface area contributed by atoms with E-state index in [9.17, 15) is 4.79 Å². The summed E-state index contributed by atoms with van der Waals surface area (Å²) in [5.41, 5.74) is 2.23. The highest BCUT2D eigenvalue weighted by Gasteiger charge is 2.10. The molecule has 2 heterocycles. The molecule has 0 amide bonds. The first kappa shape index (κ1) is 15.5. The molecule has 25 heavy (non-hydrogen) atoms. The van der Waals surface area contributed by atoms with Gasteiger partial charge in [0.2, 0.25) is 0 Å². The zero-order chi connectivity index (χ0) is 17.1. The second kappa shape index (κ2) is 6.83. The summed E-state index contributed by atoms with van der Waals surface area (Å²) in [6.45, 7) is 0.308. The lowest BCUT2D eigenvalue weighted by molar-refractivity contribution is 0.112. The van der Waals surface area contributed by atoms with Gasteiger partial charge in [0.1, 0.15) is 17.4 Å². The molecule has 4 rings (SSSR count). The first-order chi connectivity index (χ1) is 12.3. The van der Waals surface area contributed by atoms with Crippen LogP contribution >= 0.6 is 11.3 Å². The first-order valence-corrected chi connectivity index (χ1v) is 8.68. The van der Waals surface area contributed by atoms with Crippen LogP contribution in [0.25, 0.3) is 21.5 Å². The van der Waals surface area contributed by atoms with Crippen molar-refractivity contribution in [2.45, 2.75) is 6.61 Å². The van der Waals surface area contributed by atoms with Gasteiger partial charge >= 0.3 is 0 Å². The molecule has 0 aliphatic rings. The highest BCUT2D eigenvalue weighted by Crippen LogP contribution is 2.28. The molecule has 0 unspecified atom stereocenters. The van der Waals surface area contributed by atoms with Crippen molar-refractivity contribution in [2.75, 3.05) is 0 Å².